The van der Waals surface area contributed by atoms with E-state index < -0.39 is 5.82 Å². The van der Waals surface area contributed by atoms with E-state index >= 15 is 4.39 Å². The van der Waals surface area contributed by atoms with E-state index in [4.69, 9.17) is 4.74 Å². The highest BCUT2D eigenvalue weighted by Crippen LogP contribution is 2.29. The van der Waals surface area contributed by atoms with Crippen LogP contribution in [0.2, 0.25) is 0 Å². The molecule has 2 N–H and O–H groups in total. The Morgan fingerprint density at radius 3 is 2.84 bits per heavy atom. The summed E-state index contributed by atoms with van der Waals surface area (Å²) in [7, 11) is 1.62. The molecule has 4 heterocycles. The minimum atomic E-state index is -0.433. The van der Waals surface area contributed by atoms with Gasteiger partial charge in [-0.25, -0.2) is 9.37 Å². The van der Waals surface area contributed by atoms with Gasteiger partial charge in [0.1, 0.15) is 17.3 Å². The van der Waals surface area contributed by atoms with Crippen molar-refractivity contribution < 1.29 is 9.13 Å². The first kappa shape index (κ1) is 20.2. The van der Waals surface area contributed by atoms with Gasteiger partial charge in [0.2, 0.25) is 0 Å². The Kier molecular flexibility index (Phi) is 5.10. The quantitative estimate of drug-likeness (QED) is 0.512. The first-order chi connectivity index (χ1) is 15.5. The van der Waals surface area contributed by atoms with Gasteiger partial charge in [-0.15, -0.1) is 0 Å². The maximum atomic E-state index is 15.3. The molecule has 3 aromatic heterocycles. The summed E-state index contributed by atoms with van der Waals surface area (Å²) in [6.45, 7) is 4.27. The SMILES string of the molecule is CC1COCCN1c1ccc(Nc2cc3c(F)c(-c4cc[nH]n4)ccc3n(C)c2=O)nc1. The van der Waals surface area contributed by atoms with Crippen LogP contribution in [0.4, 0.5) is 21.6 Å². The largest absolute Gasteiger partial charge is 0.377 e. The van der Waals surface area contributed by atoms with Gasteiger partial charge >= 0.3 is 0 Å². The third-order valence-corrected chi connectivity index (χ3v) is 5.83. The molecule has 0 amide bonds. The second kappa shape index (κ2) is 8.08. The number of ether oxygens (including phenoxy) is 1. The Labute approximate surface area is 183 Å². The number of nitrogens with one attached hydrogen (secondary N) is 2. The van der Waals surface area contributed by atoms with Crippen molar-refractivity contribution in [1.82, 2.24) is 19.7 Å². The predicted molar refractivity (Wildman–Crippen MR) is 122 cm³/mol. The normalized spacial score (nSPS) is 16.5. The monoisotopic (exact) mass is 434 g/mol. The smallest absolute Gasteiger partial charge is 0.274 e. The lowest BCUT2D eigenvalue weighted by Gasteiger charge is -2.35. The molecule has 1 unspecified atom stereocenters. The van der Waals surface area contributed by atoms with Crippen molar-refractivity contribution in [2.75, 3.05) is 30.0 Å². The lowest BCUT2D eigenvalue weighted by atomic mass is 10.1. The maximum Gasteiger partial charge on any atom is 0.274 e. The van der Waals surface area contributed by atoms with Crippen LogP contribution in [0.1, 0.15) is 6.92 Å². The Bertz CT molecular complexity index is 1320. The fraction of sp³-hybridized carbons (Fsp3) is 0.261. The third-order valence-electron chi connectivity index (χ3n) is 5.83. The number of H-pyrrole nitrogens is 1. The number of aromatic nitrogens is 4. The second-order valence-corrected chi connectivity index (χ2v) is 7.89. The topological polar surface area (TPSA) is 88.1 Å². The van der Waals surface area contributed by atoms with Crippen LogP contribution in [0.5, 0.6) is 0 Å². The van der Waals surface area contributed by atoms with Gasteiger partial charge in [0.15, 0.2) is 0 Å². The van der Waals surface area contributed by atoms with Crippen LogP contribution < -0.4 is 15.8 Å². The first-order valence-electron chi connectivity index (χ1n) is 10.4. The molecule has 5 rings (SSSR count). The molecule has 8 nitrogen and oxygen atoms in total. The highest BCUT2D eigenvalue weighted by molar-refractivity contribution is 5.88. The zero-order chi connectivity index (χ0) is 22.2. The minimum absolute atomic E-state index is 0.248. The number of fused-ring (bicyclic) bond motifs is 1. The summed E-state index contributed by atoms with van der Waals surface area (Å²) in [6.07, 6.45) is 3.41. The van der Waals surface area contributed by atoms with Gasteiger partial charge in [-0.1, -0.05) is 0 Å². The molecule has 4 aromatic rings. The molecule has 1 aliphatic rings. The Morgan fingerprint density at radius 1 is 1.25 bits per heavy atom. The van der Waals surface area contributed by atoms with Crippen molar-refractivity contribution in [2.45, 2.75) is 13.0 Å². The molecule has 1 aliphatic heterocycles. The van der Waals surface area contributed by atoms with Crippen LogP contribution in [-0.4, -0.2) is 45.5 Å². The number of benzene rings is 1. The summed E-state index contributed by atoms with van der Waals surface area (Å²) >= 11 is 0. The number of aryl methyl sites for hydroxylation is 1. The molecule has 0 radical (unpaired) electrons. The summed E-state index contributed by atoms with van der Waals surface area (Å²) in [5.41, 5.74) is 2.34. The highest BCUT2D eigenvalue weighted by Gasteiger charge is 2.20. The van der Waals surface area contributed by atoms with Crippen molar-refractivity contribution in [3.8, 4) is 11.3 Å². The first-order valence-corrected chi connectivity index (χ1v) is 10.4. The van der Waals surface area contributed by atoms with Crippen molar-refractivity contribution in [3.05, 3.63) is 65.0 Å². The fourth-order valence-electron chi connectivity index (χ4n) is 4.08. The van der Waals surface area contributed by atoms with Crippen molar-refractivity contribution in [3.63, 3.8) is 0 Å². The molecule has 0 saturated carbocycles. The van der Waals surface area contributed by atoms with Crippen molar-refractivity contribution in [2.24, 2.45) is 7.05 Å². The summed E-state index contributed by atoms with van der Waals surface area (Å²) in [5.74, 6) is 0.0767. The minimum Gasteiger partial charge on any atom is -0.377 e. The predicted octanol–water partition coefficient (Wildman–Crippen LogP) is 3.43. The van der Waals surface area contributed by atoms with E-state index in [2.05, 4.69) is 32.3 Å². The summed E-state index contributed by atoms with van der Waals surface area (Å²) in [6, 6.07) is 10.6. The number of morpholine rings is 1. The molecule has 0 aliphatic carbocycles. The summed E-state index contributed by atoms with van der Waals surface area (Å²) in [5, 5.41) is 10.1. The molecular weight excluding hydrogens is 411 g/mol. The molecule has 1 atom stereocenters. The highest BCUT2D eigenvalue weighted by atomic mass is 19.1. The van der Waals surface area contributed by atoms with Gasteiger partial charge in [0.25, 0.3) is 5.56 Å². The van der Waals surface area contributed by atoms with Crippen molar-refractivity contribution >= 4 is 28.1 Å². The standard InChI is InChI=1S/C23H23FN6O2/c1-14-13-32-10-9-30(14)15-3-6-21(25-12-15)27-19-11-17-20(29(2)23(19)31)5-4-16(22(17)24)18-7-8-26-28-18/h3-8,11-12,14H,9-10,13H2,1-2H3,(H,25,27)(H,26,28). The van der Waals surface area contributed by atoms with E-state index in [1.807, 2.05) is 12.1 Å². The lowest BCUT2D eigenvalue weighted by molar-refractivity contribution is 0.0989. The van der Waals surface area contributed by atoms with Crippen LogP contribution in [-0.2, 0) is 11.8 Å². The number of rotatable bonds is 4. The molecule has 164 valence electrons. The van der Waals surface area contributed by atoms with Gasteiger partial charge in [0.05, 0.1) is 36.3 Å². The molecule has 1 saturated heterocycles. The second-order valence-electron chi connectivity index (χ2n) is 7.89. The number of halogens is 1. The number of anilines is 3. The lowest BCUT2D eigenvalue weighted by Crippen LogP contribution is -2.43. The van der Waals surface area contributed by atoms with Gasteiger partial charge in [-0.05, 0) is 43.3 Å². The van der Waals surface area contributed by atoms with E-state index in [1.54, 1.807) is 37.6 Å². The van der Waals surface area contributed by atoms with E-state index in [-0.39, 0.29) is 17.3 Å². The van der Waals surface area contributed by atoms with Crippen LogP contribution in [0.3, 0.4) is 0 Å². The zero-order valence-electron chi connectivity index (χ0n) is 17.8. The average Bonchev–Trinajstić information content (AvgIpc) is 3.34. The number of nitrogens with zero attached hydrogens (tertiary/aromatic N) is 4. The number of hydrogen-bond donors (Lipinski definition) is 2. The molecule has 32 heavy (non-hydrogen) atoms. The van der Waals surface area contributed by atoms with E-state index in [9.17, 15) is 4.79 Å². The maximum absolute atomic E-state index is 15.3. The molecular formula is C23H23FN6O2. The number of hydrogen-bond acceptors (Lipinski definition) is 6. The molecule has 0 bridgehead atoms. The Balaban J connectivity index is 1.49. The average molecular weight is 434 g/mol. The fourth-order valence-corrected chi connectivity index (χ4v) is 4.08. The summed E-state index contributed by atoms with van der Waals surface area (Å²) in [4.78, 5) is 19.6. The zero-order valence-corrected chi connectivity index (χ0v) is 17.8. The van der Waals surface area contributed by atoms with Crippen LogP contribution in [0.25, 0.3) is 22.2 Å². The molecule has 1 fully saturated rings. The van der Waals surface area contributed by atoms with Gasteiger partial charge in [0, 0.05) is 36.8 Å². The molecule has 0 spiro atoms. The van der Waals surface area contributed by atoms with Gasteiger partial charge < -0.3 is 19.5 Å². The van der Waals surface area contributed by atoms with E-state index in [0.29, 0.717) is 41.2 Å². The van der Waals surface area contributed by atoms with Crippen molar-refractivity contribution in [1.29, 1.82) is 0 Å². The van der Waals surface area contributed by atoms with Gasteiger partial charge in [-0.3, -0.25) is 9.89 Å². The molecule has 9 heteroatoms. The van der Waals surface area contributed by atoms with E-state index in [1.165, 1.54) is 10.6 Å². The van der Waals surface area contributed by atoms with E-state index in [0.717, 1.165) is 12.2 Å². The number of pyridine rings is 2. The number of aromatic amines is 1. The Hall–Kier alpha value is -3.72. The third kappa shape index (κ3) is 3.50. The summed E-state index contributed by atoms with van der Waals surface area (Å²) < 4.78 is 22.2. The van der Waals surface area contributed by atoms with Crippen LogP contribution >= 0.6 is 0 Å². The van der Waals surface area contributed by atoms with Gasteiger partial charge in [-0.2, -0.15) is 5.10 Å². The van der Waals surface area contributed by atoms with Crippen LogP contribution in [0.15, 0.2) is 53.6 Å². The Morgan fingerprint density at radius 2 is 2.12 bits per heavy atom. The van der Waals surface area contributed by atoms with Crippen LogP contribution in [0, 0.1) is 5.82 Å². The molecule has 1 aromatic carbocycles.